The van der Waals surface area contributed by atoms with Crippen LogP contribution in [-0.4, -0.2) is 16.5 Å². The summed E-state index contributed by atoms with van der Waals surface area (Å²) in [6.45, 7) is 8.22. The molecule has 0 bridgehead atoms. The summed E-state index contributed by atoms with van der Waals surface area (Å²) >= 11 is 0. The first-order valence-corrected chi connectivity index (χ1v) is 6.13. The van der Waals surface area contributed by atoms with E-state index in [1.165, 1.54) is 5.57 Å². The summed E-state index contributed by atoms with van der Waals surface area (Å²) in [5.74, 6) is 0.262. The number of hydrogen-bond acceptors (Lipinski definition) is 2. The Bertz CT molecular complexity index is 363. The van der Waals surface area contributed by atoms with Crippen LogP contribution in [-0.2, 0) is 4.79 Å². The molecule has 0 amide bonds. The van der Waals surface area contributed by atoms with Crippen molar-refractivity contribution in [2.24, 2.45) is 10.8 Å². The van der Waals surface area contributed by atoms with E-state index in [0.29, 0.717) is 12.8 Å². The van der Waals surface area contributed by atoms with E-state index in [-0.39, 0.29) is 11.2 Å². The Morgan fingerprint density at radius 2 is 1.94 bits per heavy atom. The summed E-state index contributed by atoms with van der Waals surface area (Å²) in [7, 11) is 0. The number of allylic oxidation sites excluding steroid dienone is 2. The van der Waals surface area contributed by atoms with Gasteiger partial charge >= 0.3 is 0 Å². The molecular formula is C14H22O2. The maximum atomic E-state index is 12.2. The van der Waals surface area contributed by atoms with E-state index >= 15 is 0 Å². The number of hydrogen-bond donors (Lipinski definition) is 1. The van der Waals surface area contributed by atoms with Crippen LogP contribution in [0.1, 0.15) is 53.4 Å². The Balaban J connectivity index is 2.47. The first-order valence-electron chi connectivity index (χ1n) is 6.13. The van der Waals surface area contributed by atoms with Crippen LogP contribution < -0.4 is 0 Å². The van der Waals surface area contributed by atoms with Gasteiger partial charge in [-0.3, -0.25) is 4.79 Å². The van der Waals surface area contributed by atoms with Gasteiger partial charge in [-0.25, -0.2) is 0 Å². The van der Waals surface area contributed by atoms with Gasteiger partial charge in [-0.15, -0.1) is 0 Å². The number of ketones is 1. The average Bonchev–Trinajstić information content (AvgIpc) is 2.27. The zero-order valence-electron chi connectivity index (χ0n) is 10.8. The van der Waals surface area contributed by atoms with Gasteiger partial charge in [-0.1, -0.05) is 25.5 Å². The maximum absolute atomic E-state index is 12.2. The molecule has 2 atom stereocenters. The van der Waals surface area contributed by atoms with E-state index in [2.05, 4.69) is 26.8 Å². The number of Topliss-reactive ketones (excluding diaryl/α,β-unsaturated/α-hetero) is 1. The third-order valence-electron chi connectivity index (χ3n) is 4.38. The molecule has 0 aromatic carbocycles. The van der Waals surface area contributed by atoms with E-state index in [0.717, 1.165) is 12.8 Å². The van der Waals surface area contributed by atoms with Crippen molar-refractivity contribution in [1.29, 1.82) is 0 Å². The van der Waals surface area contributed by atoms with Gasteiger partial charge in [0.05, 0.1) is 11.0 Å². The van der Waals surface area contributed by atoms with Crippen LogP contribution in [0.25, 0.3) is 0 Å². The lowest BCUT2D eigenvalue weighted by atomic mass is 9.59. The zero-order valence-corrected chi connectivity index (χ0v) is 10.8. The predicted molar refractivity (Wildman–Crippen MR) is 64.1 cm³/mol. The van der Waals surface area contributed by atoms with E-state index < -0.39 is 11.0 Å². The van der Waals surface area contributed by atoms with Crippen LogP contribution in [0, 0.1) is 10.8 Å². The summed E-state index contributed by atoms with van der Waals surface area (Å²) < 4.78 is 0. The first kappa shape index (κ1) is 11.8. The van der Waals surface area contributed by atoms with E-state index in [4.69, 9.17) is 0 Å². The van der Waals surface area contributed by atoms with E-state index in [1.807, 2.05) is 6.92 Å². The number of aliphatic hydroxyl groups is 1. The molecular weight excluding hydrogens is 200 g/mol. The standard InChI is InChI=1S/C14H22O2/c1-10-7-12(2,3)9-14(8-10)11(15)5-6-13(14,4)16/h7,16H,5-6,8-9H2,1-4H3/t13-,14+/m1/s1. The summed E-state index contributed by atoms with van der Waals surface area (Å²) in [6, 6.07) is 0. The van der Waals surface area contributed by atoms with Gasteiger partial charge in [0.2, 0.25) is 0 Å². The molecule has 2 aliphatic carbocycles. The van der Waals surface area contributed by atoms with Gasteiger partial charge in [0.1, 0.15) is 5.78 Å². The zero-order chi connectivity index (χ0) is 12.2. The third-order valence-corrected chi connectivity index (χ3v) is 4.38. The van der Waals surface area contributed by atoms with Gasteiger partial charge in [0, 0.05) is 6.42 Å². The quantitative estimate of drug-likeness (QED) is 0.640. The highest BCUT2D eigenvalue weighted by molar-refractivity contribution is 5.89. The molecule has 0 unspecified atom stereocenters. The lowest BCUT2D eigenvalue weighted by Crippen LogP contribution is -2.49. The minimum atomic E-state index is -0.823. The van der Waals surface area contributed by atoms with Crippen molar-refractivity contribution in [2.45, 2.75) is 59.0 Å². The molecule has 0 radical (unpaired) electrons. The minimum Gasteiger partial charge on any atom is -0.389 e. The average molecular weight is 222 g/mol. The summed E-state index contributed by atoms with van der Waals surface area (Å²) in [4.78, 5) is 12.2. The fourth-order valence-corrected chi connectivity index (χ4v) is 3.80. The highest BCUT2D eigenvalue weighted by atomic mass is 16.3. The van der Waals surface area contributed by atoms with Gasteiger partial charge < -0.3 is 5.11 Å². The molecule has 0 heterocycles. The highest BCUT2D eigenvalue weighted by Crippen LogP contribution is 2.56. The van der Waals surface area contributed by atoms with Gasteiger partial charge in [-0.2, -0.15) is 0 Å². The largest absolute Gasteiger partial charge is 0.389 e. The Morgan fingerprint density at radius 1 is 1.31 bits per heavy atom. The van der Waals surface area contributed by atoms with Crippen LogP contribution in [0.2, 0.25) is 0 Å². The molecule has 2 rings (SSSR count). The van der Waals surface area contributed by atoms with Crippen molar-refractivity contribution >= 4 is 5.78 Å². The van der Waals surface area contributed by atoms with Crippen molar-refractivity contribution in [3.63, 3.8) is 0 Å². The van der Waals surface area contributed by atoms with Gasteiger partial charge in [0.25, 0.3) is 0 Å². The second-order valence-electron chi connectivity index (χ2n) is 6.61. The Kier molecular flexibility index (Phi) is 2.36. The second-order valence-corrected chi connectivity index (χ2v) is 6.61. The first-order chi connectivity index (χ1) is 7.19. The van der Waals surface area contributed by atoms with Crippen molar-refractivity contribution in [3.05, 3.63) is 11.6 Å². The topological polar surface area (TPSA) is 37.3 Å². The third kappa shape index (κ3) is 1.55. The highest BCUT2D eigenvalue weighted by Gasteiger charge is 2.59. The number of carbonyl (C=O) groups is 1. The molecule has 1 N–H and O–H groups in total. The molecule has 2 aliphatic rings. The molecule has 0 saturated heterocycles. The Hall–Kier alpha value is -0.630. The second kappa shape index (κ2) is 3.19. The van der Waals surface area contributed by atoms with Crippen LogP contribution in [0.15, 0.2) is 11.6 Å². The predicted octanol–water partition coefficient (Wildman–Crippen LogP) is 2.85. The minimum absolute atomic E-state index is 0.0202. The normalized spacial score (nSPS) is 42.6. The monoisotopic (exact) mass is 222 g/mol. The lowest BCUT2D eigenvalue weighted by molar-refractivity contribution is -0.139. The smallest absolute Gasteiger partial charge is 0.142 e. The van der Waals surface area contributed by atoms with Crippen LogP contribution in [0.5, 0.6) is 0 Å². The fraction of sp³-hybridized carbons (Fsp3) is 0.786. The summed E-state index contributed by atoms with van der Waals surface area (Å²) in [5, 5.41) is 10.5. The van der Waals surface area contributed by atoms with Crippen molar-refractivity contribution in [3.8, 4) is 0 Å². The molecule has 1 fully saturated rings. The Morgan fingerprint density at radius 3 is 2.38 bits per heavy atom. The molecule has 0 aromatic heterocycles. The summed E-state index contributed by atoms with van der Waals surface area (Å²) in [5.41, 5.74) is -0.0785. The molecule has 1 spiro atoms. The van der Waals surface area contributed by atoms with Gasteiger partial charge in [0.15, 0.2) is 0 Å². The SMILES string of the molecule is CC1=CC(C)(C)C[C@@]2(C1)C(=O)CC[C@@]2(C)O. The molecule has 2 heteroatoms. The van der Waals surface area contributed by atoms with Crippen LogP contribution in [0.3, 0.4) is 0 Å². The van der Waals surface area contributed by atoms with Gasteiger partial charge in [-0.05, 0) is 38.5 Å². The van der Waals surface area contributed by atoms with Crippen molar-refractivity contribution in [2.75, 3.05) is 0 Å². The maximum Gasteiger partial charge on any atom is 0.142 e. The summed E-state index contributed by atoms with van der Waals surface area (Å²) in [6.07, 6.45) is 4.93. The van der Waals surface area contributed by atoms with Crippen LogP contribution >= 0.6 is 0 Å². The molecule has 16 heavy (non-hydrogen) atoms. The molecule has 0 aliphatic heterocycles. The lowest BCUT2D eigenvalue weighted by Gasteiger charge is -2.46. The number of carbonyl (C=O) groups excluding carboxylic acids is 1. The fourth-order valence-electron chi connectivity index (χ4n) is 3.80. The van der Waals surface area contributed by atoms with E-state index in [9.17, 15) is 9.90 Å². The molecule has 1 saturated carbocycles. The van der Waals surface area contributed by atoms with Crippen LogP contribution in [0.4, 0.5) is 0 Å². The van der Waals surface area contributed by atoms with E-state index in [1.54, 1.807) is 0 Å². The molecule has 2 nitrogen and oxygen atoms in total. The number of rotatable bonds is 0. The van der Waals surface area contributed by atoms with Crippen molar-refractivity contribution in [1.82, 2.24) is 0 Å². The molecule has 90 valence electrons. The van der Waals surface area contributed by atoms with Crippen molar-refractivity contribution < 1.29 is 9.90 Å². The molecule has 0 aromatic rings. The Labute approximate surface area is 97.7 Å².